The minimum atomic E-state index is -0.549. The van der Waals surface area contributed by atoms with Gasteiger partial charge < -0.3 is 25.2 Å². The molecule has 3 N–H and O–H groups in total. The van der Waals surface area contributed by atoms with E-state index in [1.54, 1.807) is 12.1 Å². The van der Waals surface area contributed by atoms with Crippen LogP contribution < -0.4 is 10.1 Å². The fourth-order valence-corrected chi connectivity index (χ4v) is 6.17. The number of phenolic OH excluding ortho intramolecular Hbond substituents is 2. The molecule has 6 rings (SSSR count). The Morgan fingerprint density at radius 2 is 1.82 bits per heavy atom. The van der Waals surface area contributed by atoms with Gasteiger partial charge in [0, 0.05) is 54.2 Å². The van der Waals surface area contributed by atoms with Gasteiger partial charge in [-0.3, -0.25) is 14.4 Å². The predicted octanol–water partition coefficient (Wildman–Crippen LogP) is 1.81. The van der Waals surface area contributed by atoms with E-state index in [0.29, 0.717) is 24.0 Å². The van der Waals surface area contributed by atoms with E-state index in [1.165, 1.54) is 13.2 Å². The van der Waals surface area contributed by atoms with Crippen LogP contribution in [0.2, 0.25) is 0 Å². The molecule has 2 aromatic carbocycles. The van der Waals surface area contributed by atoms with Crippen LogP contribution in [0.15, 0.2) is 18.2 Å². The van der Waals surface area contributed by atoms with Crippen molar-refractivity contribution in [1.82, 2.24) is 10.2 Å². The molecule has 2 aromatic rings. The molecule has 176 valence electrons. The number of benzene rings is 2. The van der Waals surface area contributed by atoms with Crippen LogP contribution in [-0.4, -0.2) is 65.9 Å². The van der Waals surface area contributed by atoms with Crippen molar-refractivity contribution in [2.45, 2.75) is 25.7 Å². The van der Waals surface area contributed by atoms with Crippen molar-refractivity contribution in [2.75, 3.05) is 33.3 Å². The second-order valence-electron chi connectivity index (χ2n) is 10.00. The average molecular weight is 463 g/mol. The highest BCUT2D eigenvalue weighted by molar-refractivity contribution is 6.31. The largest absolute Gasteiger partial charge is 0.507 e. The van der Waals surface area contributed by atoms with Gasteiger partial charge in [0.2, 0.25) is 11.7 Å². The standard InChI is InChI=1S/C26H26N2O6/c1-34-17-4-2-3-15-18(17)24(32)20-19(22(15)30)23(31)16-9-13(5-6-14(16)21(20)29)25(33)28-8-7-26(12-28)10-27-11-26/h2-4,13,27,29,31H,5-12H2,1H3. The van der Waals surface area contributed by atoms with E-state index in [0.717, 1.165) is 32.6 Å². The third kappa shape index (κ3) is 2.78. The third-order valence-corrected chi connectivity index (χ3v) is 8.12. The molecule has 8 heteroatoms. The summed E-state index contributed by atoms with van der Waals surface area (Å²) in [6.45, 7) is 3.35. The number of hydrogen-bond donors (Lipinski definition) is 3. The van der Waals surface area contributed by atoms with Crippen molar-refractivity contribution in [3.63, 3.8) is 0 Å². The lowest BCUT2D eigenvalue weighted by molar-refractivity contribution is -0.135. The molecule has 1 atom stereocenters. The van der Waals surface area contributed by atoms with E-state index >= 15 is 0 Å². The molecule has 0 aromatic heterocycles. The highest BCUT2D eigenvalue weighted by Crippen LogP contribution is 2.48. The number of ether oxygens (including phenoxy) is 1. The Morgan fingerprint density at radius 1 is 1.09 bits per heavy atom. The van der Waals surface area contributed by atoms with E-state index < -0.39 is 11.6 Å². The highest BCUT2D eigenvalue weighted by Gasteiger charge is 2.46. The second kappa shape index (κ2) is 7.30. The number of rotatable bonds is 2. The van der Waals surface area contributed by atoms with Gasteiger partial charge in [0.1, 0.15) is 17.2 Å². The van der Waals surface area contributed by atoms with Crippen molar-refractivity contribution in [1.29, 1.82) is 0 Å². The van der Waals surface area contributed by atoms with Crippen molar-refractivity contribution in [3.05, 3.63) is 51.6 Å². The van der Waals surface area contributed by atoms with Gasteiger partial charge in [-0.05, 0) is 31.7 Å². The first-order valence-corrected chi connectivity index (χ1v) is 11.7. The zero-order valence-electron chi connectivity index (χ0n) is 18.9. The summed E-state index contributed by atoms with van der Waals surface area (Å²) in [7, 11) is 1.41. The Morgan fingerprint density at radius 3 is 2.50 bits per heavy atom. The summed E-state index contributed by atoms with van der Waals surface area (Å²) in [4.78, 5) is 41.9. The molecule has 8 nitrogen and oxygen atoms in total. The van der Waals surface area contributed by atoms with Gasteiger partial charge in [0.25, 0.3) is 0 Å². The molecule has 1 unspecified atom stereocenters. The summed E-state index contributed by atoms with van der Waals surface area (Å²) >= 11 is 0. The molecular formula is C26H26N2O6. The quantitative estimate of drug-likeness (QED) is 0.498. The van der Waals surface area contributed by atoms with E-state index in [4.69, 9.17) is 4.74 Å². The molecule has 34 heavy (non-hydrogen) atoms. The van der Waals surface area contributed by atoms with Crippen molar-refractivity contribution in [2.24, 2.45) is 11.3 Å². The number of nitrogens with zero attached hydrogens (tertiary/aromatic N) is 1. The number of hydrogen-bond acceptors (Lipinski definition) is 7. The van der Waals surface area contributed by atoms with Gasteiger partial charge >= 0.3 is 0 Å². The van der Waals surface area contributed by atoms with Crippen LogP contribution in [0.25, 0.3) is 0 Å². The van der Waals surface area contributed by atoms with Crippen LogP contribution in [0.1, 0.15) is 55.8 Å². The van der Waals surface area contributed by atoms with Gasteiger partial charge in [0.05, 0.1) is 23.8 Å². The fraction of sp³-hybridized carbons (Fsp3) is 0.423. The molecule has 2 aliphatic heterocycles. The van der Waals surface area contributed by atoms with Gasteiger partial charge in [-0.2, -0.15) is 0 Å². The molecule has 4 aliphatic rings. The summed E-state index contributed by atoms with van der Waals surface area (Å²) in [5.41, 5.74) is 0.898. The lowest BCUT2D eigenvalue weighted by Gasteiger charge is -2.39. The van der Waals surface area contributed by atoms with Crippen LogP contribution in [-0.2, 0) is 17.6 Å². The number of nitrogens with one attached hydrogen (secondary N) is 1. The normalized spacial score (nSPS) is 22.1. The monoisotopic (exact) mass is 462 g/mol. The van der Waals surface area contributed by atoms with Gasteiger partial charge in [-0.15, -0.1) is 0 Å². The number of aromatic hydroxyl groups is 2. The van der Waals surface area contributed by atoms with Crippen molar-refractivity contribution in [3.8, 4) is 17.2 Å². The zero-order chi connectivity index (χ0) is 23.8. The predicted molar refractivity (Wildman–Crippen MR) is 122 cm³/mol. The number of phenols is 2. The number of likely N-dealkylation sites (tertiary alicyclic amines) is 1. The van der Waals surface area contributed by atoms with Crippen LogP contribution in [0.5, 0.6) is 17.2 Å². The van der Waals surface area contributed by atoms with E-state index in [-0.39, 0.29) is 63.2 Å². The van der Waals surface area contributed by atoms with Crippen molar-refractivity contribution < 1.29 is 29.3 Å². The lowest BCUT2D eigenvalue weighted by atomic mass is 9.75. The highest BCUT2D eigenvalue weighted by atomic mass is 16.5. The number of fused-ring (bicyclic) bond motifs is 3. The minimum absolute atomic E-state index is 0.0588. The van der Waals surface area contributed by atoms with Crippen LogP contribution >= 0.6 is 0 Å². The van der Waals surface area contributed by atoms with Crippen LogP contribution in [0, 0.1) is 11.3 Å². The molecule has 1 spiro atoms. The Balaban J connectivity index is 1.37. The minimum Gasteiger partial charge on any atom is -0.507 e. The number of carbonyl (C=O) groups is 3. The van der Waals surface area contributed by atoms with Crippen LogP contribution in [0.4, 0.5) is 0 Å². The molecular weight excluding hydrogens is 436 g/mol. The molecule has 0 saturated carbocycles. The maximum atomic E-state index is 13.4. The SMILES string of the molecule is COc1cccc2c1C(=O)c1c(O)c3c(c(O)c1C2=O)CC(C(=O)N1CCC2(CNC2)C1)CC3. The van der Waals surface area contributed by atoms with E-state index in [2.05, 4.69) is 5.32 Å². The van der Waals surface area contributed by atoms with Gasteiger partial charge in [0.15, 0.2) is 5.78 Å². The van der Waals surface area contributed by atoms with Crippen molar-refractivity contribution >= 4 is 17.5 Å². The molecule has 2 fully saturated rings. The molecule has 0 bridgehead atoms. The summed E-state index contributed by atoms with van der Waals surface area (Å²) in [5.74, 6) is -1.69. The first-order valence-electron chi connectivity index (χ1n) is 11.7. The fourth-order valence-electron chi connectivity index (χ4n) is 6.17. The number of carbonyl (C=O) groups excluding carboxylic acids is 3. The number of amides is 1. The Bertz CT molecular complexity index is 1280. The molecule has 2 heterocycles. The van der Waals surface area contributed by atoms with Gasteiger partial charge in [-0.1, -0.05) is 12.1 Å². The first kappa shape index (κ1) is 21.2. The molecule has 2 aliphatic carbocycles. The summed E-state index contributed by atoms with van der Waals surface area (Å²) < 4.78 is 5.28. The summed E-state index contributed by atoms with van der Waals surface area (Å²) in [6.07, 6.45) is 2.09. The maximum Gasteiger partial charge on any atom is 0.226 e. The number of methoxy groups -OCH3 is 1. The first-order chi connectivity index (χ1) is 16.3. The third-order valence-electron chi connectivity index (χ3n) is 8.12. The summed E-state index contributed by atoms with van der Waals surface area (Å²) in [6, 6.07) is 4.71. The maximum absolute atomic E-state index is 13.4. The molecule has 2 saturated heterocycles. The van der Waals surface area contributed by atoms with Gasteiger partial charge in [-0.25, -0.2) is 0 Å². The zero-order valence-corrected chi connectivity index (χ0v) is 18.9. The molecule has 0 radical (unpaired) electrons. The Labute approximate surface area is 196 Å². The topological polar surface area (TPSA) is 116 Å². The van der Waals surface area contributed by atoms with E-state index in [9.17, 15) is 24.6 Å². The smallest absolute Gasteiger partial charge is 0.226 e. The Kier molecular flexibility index (Phi) is 4.55. The second-order valence-corrected chi connectivity index (χ2v) is 10.00. The van der Waals surface area contributed by atoms with E-state index in [1.807, 2.05) is 4.90 Å². The molecule has 1 amide bonds. The average Bonchev–Trinajstić information content (AvgIpc) is 3.30. The lowest BCUT2D eigenvalue weighted by Crippen LogP contribution is -2.55. The summed E-state index contributed by atoms with van der Waals surface area (Å²) in [5, 5.41) is 25.6. The Hall–Kier alpha value is -3.39. The van der Waals surface area contributed by atoms with Crippen LogP contribution in [0.3, 0.4) is 0 Å². The number of ketones is 2.